The van der Waals surface area contributed by atoms with Crippen LogP contribution in [0, 0.1) is 0 Å². The molecule has 0 aliphatic carbocycles. The molecule has 0 radical (unpaired) electrons. The number of rotatable bonds is 17. The summed E-state index contributed by atoms with van der Waals surface area (Å²) in [6.45, 7) is 7.80. The van der Waals surface area contributed by atoms with E-state index in [1.807, 2.05) is 0 Å². The third-order valence-electron chi connectivity index (χ3n) is 4.02. The van der Waals surface area contributed by atoms with E-state index in [0.29, 0.717) is 52.9 Å². The average molecular weight is 384 g/mol. The maximum atomic E-state index is 12.2. The van der Waals surface area contributed by atoms with Crippen LogP contribution in [0.2, 0.25) is 0 Å². The van der Waals surface area contributed by atoms with E-state index < -0.39 is 6.83 Å². The molecule has 0 aromatic rings. The van der Waals surface area contributed by atoms with Crippen molar-refractivity contribution in [2.45, 2.75) is 13.3 Å². The predicted molar refractivity (Wildman–Crippen MR) is 101 cm³/mol. The van der Waals surface area contributed by atoms with E-state index in [1.165, 1.54) is 0 Å². The minimum absolute atomic E-state index is 0.207. The zero-order chi connectivity index (χ0) is 19.0. The van der Waals surface area contributed by atoms with Gasteiger partial charge in [0.2, 0.25) is 0 Å². The molecule has 0 amide bonds. The van der Waals surface area contributed by atoms with Crippen LogP contribution < -0.4 is 0 Å². The summed E-state index contributed by atoms with van der Waals surface area (Å²) in [4.78, 5) is 12.2. The van der Waals surface area contributed by atoms with Gasteiger partial charge in [-0.2, -0.15) is 0 Å². The first-order valence-corrected chi connectivity index (χ1v) is 12.2. The molecule has 0 rings (SSSR count). The van der Waals surface area contributed by atoms with Crippen LogP contribution in [0.15, 0.2) is 0 Å². The Hall–Kier alpha value is -0.300. The van der Waals surface area contributed by atoms with Crippen LogP contribution >= 0.6 is 6.83 Å². The van der Waals surface area contributed by atoms with E-state index in [2.05, 4.69) is 20.3 Å². The summed E-state index contributed by atoms with van der Waals surface area (Å²) < 4.78 is 31.9. The first kappa shape index (κ1) is 24.7. The SMILES string of the molecule is CCP(C)(C)(CCOCCOC)OC(=O)CCOCCOCCOC. The molecule has 0 fully saturated rings. The summed E-state index contributed by atoms with van der Waals surface area (Å²) in [5, 5.41) is 0. The van der Waals surface area contributed by atoms with Crippen LogP contribution in [0.1, 0.15) is 13.3 Å². The first-order chi connectivity index (χ1) is 11.9. The van der Waals surface area contributed by atoms with Gasteiger partial charge in [-0.15, -0.1) is 0 Å². The van der Waals surface area contributed by atoms with Crippen LogP contribution in [-0.2, 0) is 33.0 Å². The van der Waals surface area contributed by atoms with Gasteiger partial charge in [0.05, 0.1) is 0 Å². The summed E-state index contributed by atoms with van der Waals surface area (Å²) in [6.07, 6.45) is 1.84. The van der Waals surface area contributed by atoms with Crippen molar-refractivity contribution in [1.29, 1.82) is 0 Å². The van der Waals surface area contributed by atoms with Crippen molar-refractivity contribution in [2.75, 3.05) is 92.7 Å². The Balaban J connectivity index is 3.96. The summed E-state index contributed by atoms with van der Waals surface area (Å²) in [6, 6.07) is 0. The standard InChI is InChI=1S/C17H37O7P/c1-6-25(4,5,16-15-23-12-10-20-3)24-17(18)7-8-21-13-14-22-11-9-19-2/h6-16H2,1-5H3. The van der Waals surface area contributed by atoms with Gasteiger partial charge >= 0.3 is 152 Å². The second kappa shape index (κ2) is 13.8. The van der Waals surface area contributed by atoms with Gasteiger partial charge in [-0.05, 0) is 0 Å². The Bertz CT molecular complexity index is 350. The third-order valence-corrected chi connectivity index (χ3v) is 8.39. The van der Waals surface area contributed by atoms with E-state index in [9.17, 15) is 4.79 Å². The zero-order valence-corrected chi connectivity index (χ0v) is 17.5. The van der Waals surface area contributed by atoms with Crippen molar-refractivity contribution < 1.29 is 33.0 Å². The molecular formula is C17H37O7P. The molecule has 0 heterocycles. The maximum absolute atomic E-state index is 12.2. The molecular weight excluding hydrogens is 347 g/mol. The van der Waals surface area contributed by atoms with Gasteiger partial charge in [-0.25, -0.2) is 0 Å². The van der Waals surface area contributed by atoms with E-state index in [0.717, 1.165) is 12.3 Å². The third kappa shape index (κ3) is 13.5. The van der Waals surface area contributed by atoms with Gasteiger partial charge in [0.1, 0.15) is 0 Å². The quantitative estimate of drug-likeness (QED) is 0.281. The summed E-state index contributed by atoms with van der Waals surface area (Å²) in [7, 11) is 3.27. The number of ether oxygens (including phenoxy) is 5. The van der Waals surface area contributed by atoms with Crippen molar-refractivity contribution in [2.24, 2.45) is 0 Å². The molecule has 8 heteroatoms. The number of hydrogen-bond acceptors (Lipinski definition) is 7. The van der Waals surface area contributed by atoms with Crippen LogP contribution in [-0.4, -0.2) is 98.7 Å². The molecule has 0 saturated heterocycles. The monoisotopic (exact) mass is 384 g/mol. The Kier molecular flexibility index (Phi) is 13.7. The molecule has 25 heavy (non-hydrogen) atoms. The number of carbonyl (C=O) groups excluding carboxylic acids is 1. The molecule has 0 aliphatic rings. The molecule has 152 valence electrons. The Morgan fingerprint density at radius 3 is 1.76 bits per heavy atom. The fraction of sp³-hybridized carbons (Fsp3) is 0.941. The van der Waals surface area contributed by atoms with Gasteiger partial charge in [0, 0.05) is 0 Å². The molecule has 0 saturated carbocycles. The normalized spacial score (nSPS) is 13.4. The van der Waals surface area contributed by atoms with Crippen molar-refractivity contribution >= 4 is 12.8 Å². The van der Waals surface area contributed by atoms with E-state index in [4.69, 9.17) is 28.2 Å². The zero-order valence-electron chi connectivity index (χ0n) is 16.6. The fourth-order valence-electron chi connectivity index (χ4n) is 1.87. The number of carbonyl (C=O) groups is 1. The van der Waals surface area contributed by atoms with Crippen LogP contribution in [0.25, 0.3) is 0 Å². The van der Waals surface area contributed by atoms with Crippen LogP contribution in [0.3, 0.4) is 0 Å². The first-order valence-electron chi connectivity index (χ1n) is 8.80. The number of methoxy groups -OCH3 is 2. The van der Waals surface area contributed by atoms with Crippen molar-refractivity contribution in [3.05, 3.63) is 0 Å². The molecule has 0 aromatic heterocycles. The average Bonchev–Trinajstić information content (AvgIpc) is 2.57. The fourth-order valence-corrected chi connectivity index (χ4v) is 3.90. The summed E-state index contributed by atoms with van der Waals surface area (Å²) in [5.74, 6) is -0.207. The Morgan fingerprint density at radius 2 is 1.24 bits per heavy atom. The van der Waals surface area contributed by atoms with Crippen LogP contribution in [0.5, 0.6) is 0 Å². The summed E-state index contributed by atoms with van der Waals surface area (Å²) in [5.41, 5.74) is 0. The van der Waals surface area contributed by atoms with Gasteiger partial charge < -0.3 is 0 Å². The van der Waals surface area contributed by atoms with Gasteiger partial charge in [-0.1, -0.05) is 0 Å². The molecule has 0 atom stereocenters. The molecule has 0 N–H and O–H groups in total. The molecule has 0 aliphatic heterocycles. The van der Waals surface area contributed by atoms with E-state index in [-0.39, 0.29) is 12.4 Å². The molecule has 0 spiro atoms. The second-order valence-corrected chi connectivity index (χ2v) is 13.0. The second-order valence-electron chi connectivity index (χ2n) is 6.63. The molecule has 0 bridgehead atoms. The van der Waals surface area contributed by atoms with Crippen molar-refractivity contribution in [3.63, 3.8) is 0 Å². The molecule has 7 nitrogen and oxygen atoms in total. The van der Waals surface area contributed by atoms with Gasteiger partial charge in [0.15, 0.2) is 0 Å². The van der Waals surface area contributed by atoms with E-state index in [1.54, 1.807) is 14.2 Å². The predicted octanol–water partition coefficient (Wildman–Crippen LogP) is 2.01. The molecule has 0 unspecified atom stereocenters. The topological polar surface area (TPSA) is 72.5 Å². The van der Waals surface area contributed by atoms with Gasteiger partial charge in [-0.3, -0.25) is 0 Å². The minimum atomic E-state index is -2.52. The summed E-state index contributed by atoms with van der Waals surface area (Å²) >= 11 is 0. The van der Waals surface area contributed by atoms with Crippen LogP contribution in [0.4, 0.5) is 0 Å². The van der Waals surface area contributed by atoms with Crippen molar-refractivity contribution in [3.8, 4) is 0 Å². The van der Waals surface area contributed by atoms with E-state index >= 15 is 0 Å². The Labute approximate surface area is 152 Å². The number of hydrogen-bond donors (Lipinski definition) is 0. The Morgan fingerprint density at radius 1 is 0.760 bits per heavy atom. The van der Waals surface area contributed by atoms with Crippen molar-refractivity contribution in [1.82, 2.24) is 0 Å². The van der Waals surface area contributed by atoms with Gasteiger partial charge in [0.25, 0.3) is 0 Å². The molecule has 0 aromatic carbocycles.